The molecule has 0 saturated heterocycles. The number of carbonyl (C=O) groups excluding carboxylic acids is 1. The van der Waals surface area contributed by atoms with Gasteiger partial charge < -0.3 is 10.4 Å². The molecule has 0 aliphatic heterocycles. The van der Waals surface area contributed by atoms with E-state index in [9.17, 15) is 9.59 Å². The van der Waals surface area contributed by atoms with Gasteiger partial charge in [-0.2, -0.15) is 5.10 Å². The van der Waals surface area contributed by atoms with Crippen LogP contribution < -0.4 is 5.32 Å². The highest BCUT2D eigenvalue weighted by molar-refractivity contribution is 5.93. The van der Waals surface area contributed by atoms with E-state index in [0.29, 0.717) is 12.2 Å². The van der Waals surface area contributed by atoms with Crippen molar-refractivity contribution in [2.24, 2.45) is 24.3 Å². The van der Waals surface area contributed by atoms with Gasteiger partial charge in [0, 0.05) is 7.05 Å². The molecule has 1 aromatic rings. The molecule has 1 amide bonds. The molecule has 1 aliphatic rings. The molecule has 7 nitrogen and oxygen atoms in total. The van der Waals surface area contributed by atoms with Crippen molar-refractivity contribution in [2.75, 3.05) is 0 Å². The van der Waals surface area contributed by atoms with Crippen LogP contribution in [0, 0.1) is 17.3 Å². The van der Waals surface area contributed by atoms with E-state index in [-0.39, 0.29) is 18.4 Å². The molecule has 2 atom stereocenters. The number of hydrogen-bond donors (Lipinski definition) is 2. The summed E-state index contributed by atoms with van der Waals surface area (Å²) in [6.07, 6.45) is 1.96. The molecule has 19 heavy (non-hydrogen) atoms. The fourth-order valence-electron chi connectivity index (χ4n) is 2.53. The summed E-state index contributed by atoms with van der Waals surface area (Å²) >= 11 is 0. The Labute approximate surface area is 111 Å². The number of aliphatic carboxylic acids is 1. The Morgan fingerprint density at radius 3 is 2.74 bits per heavy atom. The van der Waals surface area contributed by atoms with Gasteiger partial charge in [0.05, 0.1) is 17.9 Å². The van der Waals surface area contributed by atoms with E-state index in [2.05, 4.69) is 15.4 Å². The van der Waals surface area contributed by atoms with Gasteiger partial charge in [-0.3, -0.25) is 14.3 Å². The third-order valence-corrected chi connectivity index (χ3v) is 3.81. The largest absolute Gasteiger partial charge is 0.481 e. The molecule has 0 radical (unpaired) electrons. The zero-order valence-electron chi connectivity index (χ0n) is 11.3. The Hall–Kier alpha value is -1.92. The first-order chi connectivity index (χ1) is 8.87. The van der Waals surface area contributed by atoms with Crippen LogP contribution in [0.3, 0.4) is 0 Å². The maximum Gasteiger partial charge on any atom is 0.307 e. The molecule has 1 fully saturated rings. The second-order valence-corrected chi connectivity index (χ2v) is 5.31. The van der Waals surface area contributed by atoms with E-state index < -0.39 is 17.3 Å². The van der Waals surface area contributed by atoms with E-state index in [0.717, 1.165) is 0 Å². The quantitative estimate of drug-likeness (QED) is 0.792. The van der Waals surface area contributed by atoms with Crippen LogP contribution in [0.1, 0.15) is 26.1 Å². The van der Waals surface area contributed by atoms with Crippen molar-refractivity contribution in [1.82, 2.24) is 20.1 Å². The predicted octanol–water partition coefficient (Wildman–Crippen LogP) is 0.178. The average Bonchev–Trinajstić information content (AvgIpc) is 2.98. The van der Waals surface area contributed by atoms with Crippen LogP contribution in [-0.2, 0) is 23.2 Å². The molecule has 2 rings (SSSR count). The lowest BCUT2D eigenvalue weighted by Crippen LogP contribution is -2.37. The summed E-state index contributed by atoms with van der Waals surface area (Å²) in [4.78, 5) is 27.3. The molecule has 1 aliphatic carbocycles. The highest BCUT2D eigenvalue weighted by Crippen LogP contribution is 2.58. The summed E-state index contributed by atoms with van der Waals surface area (Å²) in [7, 11) is 1.75. The second-order valence-electron chi connectivity index (χ2n) is 5.31. The third kappa shape index (κ3) is 2.32. The van der Waals surface area contributed by atoms with Crippen LogP contribution in [0.5, 0.6) is 0 Å². The third-order valence-electron chi connectivity index (χ3n) is 3.81. The fraction of sp³-hybridized carbons (Fsp3) is 0.667. The Morgan fingerprint density at radius 2 is 2.32 bits per heavy atom. The minimum atomic E-state index is -0.903. The normalized spacial score (nSPS) is 25.4. The summed E-state index contributed by atoms with van der Waals surface area (Å²) in [6.45, 7) is 3.98. The minimum absolute atomic E-state index is 0.00899. The summed E-state index contributed by atoms with van der Waals surface area (Å²) in [6, 6.07) is 0. The first-order valence-electron chi connectivity index (χ1n) is 6.23. The molecule has 1 aromatic heterocycles. The molecular weight excluding hydrogens is 248 g/mol. The molecule has 0 bridgehead atoms. The fourth-order valence-corrected chi connectivity index (χ4v) is 2.53. The van der Waals surface area contributed by atoms with Crippen LogP contribution in [0.2, 0.25) is 0 Å². The number of amides is 1. The second kappa shape index (κ2) is 4.64. The van der Waals surface area contributed by atoms with Crippen LogP contribution in [0.25, 0.3) is 0 Å². The number of carboxylic acids is 1. The Morgan fingerprint density at radius 1 is 1.63 bits per heavy atom. The van der Waals surface area contributed by atoms with Gasteiger partial charge in [-0.05, 0) is 12.3 Å². The van der Waals surface area contributed by atoms with Crippen molar-refractivity contribution >= 4 is 11.9 Å². The van der Waals surface area contributed by atoms with E-state index in [4.69, 9.17) is 5.11 Å². The maximum absolute atomic E-state index is 12.2. The maximum atomic E-state index is 12.2. The number of nitrogens with one attached hydrogen (secondary N) is 1. The van der Waals surface area contributed by atoms with Crippen molar-refractivity contribution < 1.29 is 14.7 Å². The van der Waals surface area contributed by atoms with E-state index >= 15 is 0 Å². The minimum Gasteiger partial charge on any atom is -0.481 e. The van der Waals surface area contributed by atoms with E-state index in [1.54, 1.807) is 18.1 Å². The van der Waals surface area contributed by atoms with Gasteiger partial charge in [0.25, 0.3) is 0 Å². The average molecular weight is 266 g/mol. The van der Waals surface area contributed by atoms with Gasteiger partial charge in [-0.15, -0.1) is 0 Å². The van der Waals surface area contributed by atoms with E-state index in [1.165, 1.54) is 0 Å². The van der Waals surface area contributed by atoms with Gasteiger partial charge in [-0.25, -0.2) is 4.98 Å². The van der Waals surface area contributed by atoms with E-state index in [1.807, 2.05) is 13.8 Å². The van der Waals surface area contributed by atoms with Crippen molar-refractivity contribution in [3.05, 3.63) is 12.2 Å². The molecule has 1 heterocycles. The molecule has 104 valence electrons. The monoisotopic (exact) mass is 266 g/mol. The molecule has 1 saturated carbocycles. The van der Waals surface area contributed by atoms with Crippen molar-refractivity contribution in [1.29, 1.82) is 0 Å². The lowest BCUT2D eigenvalue weighted by Gasteiger charge is -2.19. The standard InChI is InChI=1S/C12H18N4O3/c1-7(2)12(4-8(12)10(17)18)11(19)13-5-9-14-6-16(3)15-9/h6-8H,4-5H2,1-3H3,(H,13,19)(H,17,18)/t8-,12+/m0/s1. The highest BCUT2D eigenvalue weighted by atomic mass is 16.4. The number of aromatic nitrogens is 3. The Balaban J connectivity index is 2.00. The molecule has 0 spiro atoms. The Kier molecular flexibility index (Phi) is 3.30. The summed E-state index contributed by atoms with van der Waals surface area (Å²) < 4.78 is 1.55. The van der Waals surface area contributed by atoms with Gasteiger partial charge in [0.2, 0.25) is 5.91 Å². The number of hydrogen-bond acceptors (Lipinski definition) is 4. The molecule has 0 aromatic carbocycles. The molecule has 0 unspecified atom stereocenters. The summed E-state index contributed by atoms with van der Waals surface area (Å²) in [5, 5.41) is 15.9. The zero-order valence-corrected chi connectivity index (χ0v) is 11.3. The number of aryl methyl sites for hydroxylation is 1. The first-order valence-corrected chi connectivity index (χ1v) is 6.23. The van der Waals surface area contributed by atoms with Crippen LogP contribution in [0.4, 0.5) is 0 Å². The lowest BCUT2D eigenvalue weighted by molar-refractivity contribution is -0.142. The van der Waals surface area contributed by atoms with Crippen LogP contribution in [-0.4, -0.2) is 31.7 Å². The smallest absolute Gasteiger partial charge is 0.307 e. The van der Waals surface area contributed by atoms with Gasteiger partial charge in [-0.1, -0.05) is 13.8 Å². The zero-order chi connectivity index (χ0) is 14.2. The Bertz CT molecular complexity index is 511. The molecule has 2 N–H and O–H groups in total. The van der Waals surface area contributed by atoms with Crippen LogP contribution >= 0.6 is 0 Å². The van der Waals surface area contributed by atoms with Gasteiger partial charge in [0.15, 0.2) is 5.82 Å². The summed E-state index contributed by atoms with van der Waals surface area (Å²) in [5.41, 5.74) is -0.777. The van der Waals surface area contributed by atoms with Crippen LogP contribution in [0.15, 0.2) is 6.33 Å². The summed E-state index contributed by atoms with van der Waals surface area (Å²) in [5.74, 6) is -1.20. The highest BCUT2D eigenvalue weighted by Gasteiger charge is 2.65. The number of carboxylic acid groups (broad SMARTS) is 1. The van der Waals surface area contributed by atoms with Crippen molar-refractivity contribution in [3.8, 4) is 0 Å². The van der Waals surface area contributed by atoms with Gasteiger partial charge in [0.1, 0.15) is 6.33 Å². The molecule has 7 heteroatoms. The number of rotatable bonds is 5. The van der Waals surface area contributed by atoms with Gasteiger partial charge >= 0.3 is 5.97 Å². The molecular formula is C12H18N4O3. The van der Waals surface area contributed by atoms with Crippen molar-refractivity contribution in [2.45, 2.75) is 26.8 Å². The lowest BCUT2D eigenvalue weighted by atomic mass is 9.88. The first kappa shape index (κ1) is 13.5. The number of carbonyl (C=O) groups is 2. The van der Waals surface area contributed by atoms with Crippen molar-refractivity contribution in [3.63, 3.8) is 0 Å². The SMILES string of the molecule is CC(C)[C@]1(C(=O)NCc2ncn(C)n2)C[C@H]1C(=O)O. The number of nitrogens with zero attached hydrogens (tertiary/aromatic N) is 3. The predicted molar refractivity (Wildman–Crippen MR) is 65.9 cm³/mol. The topological polar surface area (TPSA) is 97.1 Å².